The maximum Gasteiger partial charge on any atom is 0.387 e. The smallest absolute Gasteiger partial charge is 0.387 e. The van der Waals surface area contributed by atoms with Crippen molar-refractivity contribution in [3.05, 3.63) is 64.6 Å². The first-order valence-electron chi connectivity index (χ1n) is 9.95. The van der Waals surface area contributed by atoms with E-state index < -0.39 is 23.3 Å². The van der Waals surface area contributed by atoms with Crippen molar-refractivity contribution in [2.24, 2.45) is 5.73 Å². The van der Waals surface area contributed by atoms with E-state index in [1.165, 1.54) is 28.8 Å². The van der Waals surface area contributed by atoms with Crippen LogP contribution in [0.2, 0.25) is 0 Å². The minimum atomic E-state index is -3.03. The predicted molar refractivity (Wildman–Crippen MR) is 119 cm³/mol. The van der Waals surface area contributed by atoms with Crippen LogP contribution in [-0.4, -0.2) is 36.5 Å². The summed E-state index contributed by atoms with van der Waals surface area (Å²) in [6, 6.07) is 12.6. The number of amides is 3. The second-order valence-corrected chi connectivity index (χ2v) is 8.95. The second kappa shape index (κ2) is 8.70. The Morgan fingerprint density at radius 2 is 1.88 bits per heavy atom. The van der Waals surface area contributed by atoms with Gasteiger partial charge in [-0.2, -0.15) is 8.78 Å². The fourth-order valence-electron chi connectivity index (χ4n) is 4.06. The molecule has 1 unspecified atom stereocenters. The van der Waals surface area contributed by atoms with Crippen LogP contribution in [0.1, 0.15) is 18.4 Å². The lowest BCUT2D eigenvalue weighted by Crippen LogP contribution is -2.39. The molecule has 0 radical (unpaired) electrons. The average Bonchev–Trinajstić information content (AvgIpc) is 3.15. The van der Waals surface area contributed by atoms with Crippen LogP contribution in [0.15, 0.2) is 59.0 Å². The number of halogens is 2. The zero-order valence-electron chi connectivity index (χ0n) is 17.0. The molecular weight excluding hydrogens is 438 g/mol. The number of nitrogens with one attached hydrogen (secondary N) is 1. The molecule has 2 heterocycles. The van der Waals surface area contributed by atoms with E-state index in [1.807, 2.05) is 0 Å². The number of urea groups is 1. The lowest BCUT2D eigenvalue weighted by Gasteiger charge is -2.30. The number of carbonyl (C=O) groups excluding carboxylic acids is 2. The number of primary amides is 1. The summed E-state index contributed by atoms with van der Waals surface area (Å²) >= 11 is 1.33. The van der Waals surface area contributed by atoms with Crippen LogP contribution in [0.5, 0.6) is 5.75 Å². The van der Waals surface area contributed by atoms with Crippen LogP contribution in [0.3, 0.4) is 0 Å². The first kappa shape index (κ1) is 21.9. The van der Waals surface area contributed by atoms with Gasteiger partial charge in [-0.05, 0) is 31.0 Å². The molecule has 0 aliphatic carbocycles. The van der Waals surface area contributed by atoms with E-state index in [4.69, 9.17) is 11.5 Å². The third-order valence-electron chi connectivity index (χ3n) is 5.60. The van der Waals surface area contributed by atoms with Gasteiger partial charge in [0.2, 0.25) is 5.91 Å². The van der Waals surface area contributed by atoms with E-state index in [-0.39, 0.29) is 11.4 Å². The Labute approximate surface area is 187 Å². The number of hydrogen-bond donors (Lipinski definition) is 3. The topological polar surface area (TPSA) is 111 Å². The summed E-state index contributed by atoms with van der Waals surface area (Å²) < 4.78 is 29.1. The summed E-state index contributed by atoms with van der Waals surface area (Å²) in [6.07, 6.45) is 0.982. The third-order valence-corrected chi connectivity index (χ3v) is 7.16. The van der Waals surface area contributed by atoms with Crippen molar-refractivity contribution < 1.29 is 23.1 Å². The Hall–Kier alpha value is -3.27. The van der Waals surface area contributed by atoms with Crippen LogP contribution in [-0.2, 0) is 9.54 Å². The van der Waals surface area contributed by atoms with Gasteiger partial charge in [0.15, 0.2) is 0 Å². The number of thioether (sulfide) groups is 1. The molecule has 10 heteroatoms. The van der Waals surface area contributed by atoms with Gasteiger partial charge in [-0.3, -0.25) is 4.79 Å². The molecule has 2 aromatic carbocycles. The number of ether oxygens (including phenoxy) is 1. The Kier molecular flexibility index (Phi) is 5.96. The molecule has 0 spiro atoms. The summed E-state index contributed by atoms with van der Waals surface area (Å²) in [7, 11) is 0. The molecule has 7 nitrogen and oxygen atoms in total. The molecule has 5 N–H and O–H groups in total. The minimum absolute atomic E-state index is 0.132. The van der Waals surface area contributed by atoms with Gasteiger partial charge in [-0.25, -0.2) is 4.79 Å². The highest BCUT2D eigenvalue weighted by Gasteiger charge is 2.49. The number of alkyl halides is 2. The van der Waals surface area contributed by atoms with Crippen molar-refractivity contribution in [3.63, 3.8) is 0 Å². The van der Waals surface area contributed by atoms with Crippen LogP contribution in [0.4, 0.5) is 25.0 Å². The molecule has 2 aliphatic heterocycles. The largest absolute Gasteiger partial charge is 0.433 e. The number of anilines is 2. The molecular formula is C22H22F2N4O3S. The van der Waals surface area contributed by atoms with E-state index >= 15 is 0 Å². The molecule has 32 heavy (non-hydrogen) atoms. The number of nitrogen functional groups attached to an aromatic ring is 1. The maximum atomic E-state index is 13.7. The molecule has 2 aliphatic rings. The fourth-order valence-corrected chi connectivity index (χ4v) is 5.70. The highest BCUT2D eigenvalue weighted by molar-refractivity contribution is 8.05. The molecule has 0 bridgehead atoms. The Morgan fingerprint density at radius 3 is 2.59 bits per heavy atom. The summed E-state index contributed by atoms with van der Waals surface area (Å²) in [5.74, 6) is -0.543. The average molecular weight is 461 g/mol. The van der Waals surface area contributed by atoms with Crippen molar-refractivity contribution in [2.45, 2.75) is 24.2 Å². The maximum absolute atomic E-state index is 13.7. The number of nitrogens with zero attached hydrogens (tertiary/aromatic N) is 1. The SMILES string of the molecule is NC(=O)N1CCC2=C(C1)SC(C(=O)Nc1ccccc1OC(F)F)(c1ccccc1N)C2. The van der Waals surface area contributed by atoms with Gasteiger partial charge < -0.3 is 26.4 Å². The first-order valence-corrected chi connectivity index (χ1v) is 10.8. The number of nitrogens with two attached hydrogens (primary N) is 2. The fraction of sp³-hybridized carbons (Fsp3) is 0.273. The van der Waals surface area contributed by atoms with Crippen molar-refractivity contribution >= 4 is 35.1 Å². The van der Waals surface area contributed by atoms with E-state index in [1.54, 1.807) is 36.4 Å². The number of rotatable bonds is 5. The molecule has 0 aromatic heterocycles. The zero-order chi connectivity index (χ0) is 22.9. The van der Waals surface area contributed by atoms with E-state index in [0.717, 1.165) is 10.5 Å². The minimum Gasteiger partial charge on any atom is -0.433 e. The zero-order valence-corrected chi connectivity index (χ0v) is 17.8. The first-order chi connectivity index (χ1) is 15.3. The second-order valence-electron chi connectivity index (χ2n) is 7.56. The third kappa shape index (κ3) is 4.10. The van der Waals surface area contributed by atoms with Crippen LogP contribution in [0, 0.1) is 0 Å². The van der Waals surface area contributed by atoms with E-state index in [9.17, 15) is 18.4 Å². The summed E-state index contributed by atoms with van der Waals surface area (Å²) in [5.41, 5.74) is 14.0. The van der Waals surface area contributed by atoms with Gasteiger partial charge in [0.05, 0.1) is 12.2 Å². The van der Waals surface area contributed by atoms with Gasteiger partial charge in [0, 0.05) is 22.7 Å². The van der Waals surface area contributed by atoms with Gasteiger partial charge in [-0.1, -0.05) is 35.9 Å². The van der Waals surface area contributed by atoms with Crippen molar-refractivity contribution in [3.8, 4) is 5.75 Å². The molecule has 3 amide bonds. The lowest BCUT2D eigenvalue weighted by atomic mass is 9.87. The van der Waals surface area contributed by atoms with Gasteiger partial charge in [-0.15, -0.1) is 11.8 Å². The van der Waals surface area contributed by atoms with Crippen molar-refractivity contribution in [1.29, 1.82) is 0 Å². The molecule has 1 atom stereocenters. The quantitative estimate of drug-likeness (QED) is 0.587. The van der Waals surface area contributed by atoms with Gasteiger partial charge >= 0.3 is 12.6 Å². The van der Waals surface area contributed by atoms with E-state index in [2.05, 4.69) is 10.1 Å². The van der Waals surface area contributed by atoms with Crippen LogP contribution in [0.25, 0.3) is 0 Å². The molecule has 0 saturated heterocycles. The number of benzene rings is 2. The molecule has 2 aromatic rings. The lowest BCUT2D eigenvalue weighted by molar-refractivity contribution is -0.118. The highest BCUT2D eigenvalue weighted by atomic mass is 32.2. The molecule has 4 rings (SSSR count). The van der Waals surface area contributed by atoms with Gasteiger partial charge in [0.25, 0.3) is 0 Å². The number of para-hydroxylation sites is 3. The summed E-state index contributed by atoms with van der Waals surface area (Å²) in [5, 5.41) is 2.76. The van der Waals surface area contributed by atoms with Crippen molar-refractivity contribution in [1.82, 2.24) is 4.90 Å². The van der Waals surface area contributed by atoms with E-state index in [0.29, 0.717) is 37.2 Å². The number of carbonyl (C=O) groups is 2. The monoisotopic (exact) mass is 460 g/mol. The summed E-state index contributed by atoms with van der Waals surface area (Å²) in [6.45, 7) is -2.23. The summed E-state index contributed by atoms with van der Waals surface area (Å²) in [4.78, 5) is 27.8. The molecule has 168 valence electrons. The van der Waals surface area contributed by atoms with Crippen LogP contribution < -0.4 is 21.5 Å². The molecule has 0 saturated carbocycles. The van der Waals surface area contributed by atoms with Crippen LogP contribution >= 0.6 is 11.8 Å². The predicted octanol–water partition coefficient (Wildman–Crippen LogP) is 3.88. The van der Waals surface area contributed by atoms with Gasteiger partial charge in [0.1, 0.15) is 10.5 Å². The standard InChI is InChI=1S/C22H22F2N4O3S/c23-20(24)31-17-8-4-3-7-16(17)27-19(29)22(14-5-1-2-6-15(14)25)11-13-9-10-28(21(26)30)12-18(13)32-22/h1-8,20H,9-12,25H2,(H2,26,30)(H,27,29). The number of hydrogen-bond acceptors (Lipinski definition) is 5. The van der Waals surface area contributed by atoms with Crippen molar-refractivity contribution in [2.75, 3.05) is 24.1 Å². The highest BCUT2D eigenvalue weighted by Crippen LogP contribution is 2.56. The Morgan fingerprint density at radius 1 is 1.16 bits per heavy atom. The Bertz CT molecular complexity index is 1090. The normalized spacial score (nSPS) is 20.3. The Balaban J connectivity index is 1.69. The molecule has 0 fully saturated rings.